The van der Waals surface area contributed by atoms with Gasteiger partial charge in [-0.1, -0.05) is 334 Å². The Kier molecular flexibility index (Phi) is 15.0. The minimum atomic E-state index is 0.844. The van der Waals surface area contributed by atoms with E-state index in [1.807, 2.05) is 0 Å². The molecule has 0 amide bonds. The molecule has 0 aliphatic carbocycles. The van der Waals surface area contributed by atoms with Gasteiger partial charge >= 0.3 is 0 Å². The van der Waals surface area contributed by atoms with Crippen LogP contribution in [0.5, 0.6) is 0 Å². The predicted molar refractivity (Wildman–Crippen MR) is 530 cm³/mol. The molecule has 576 valence electrons. The second kappa shape index (κ2) is 27.0. The minimum absolute atomic E-state index is 0.844. The van der Waals surface area contributed by atoms with Crippen LogP contribution in [0.1, 0.15) is 0 Å². The molecule has 3 heterocycles. The highest BCUT2D eigenvalue weighted by molar-refractivity contribution is 6.28. The second-order valence-corrected chi connectivity index (χ2v) is 33.8. The van der Waals surface area contributed by atoms with Gasteiger partial charge in [0.05, 0.1) is 0 Å². The van der Waals surface area contributed by atoms with Crippen LogP contribution in [0, 0.1) is 0 Å². The van der Waals surface area contributed by atoms with Gasteiger partial charge in [-0.2, -0.15) is 0 Å². The Morgan fingerprint density at radius 2 is 0.384 bits per heavy atom. The van der Waals surface area contributed by atoms with Gasteiger partial charge in [-0.3, -0.25) is 0 Å². The van der Waals surface area contributed by atoms with Crippen molar-refractivity contribution < 1.29 is 13.3 Å². The van der Waals surface area contributed by atoms with Crippen LogP contribution in [0.15, 0.2) is 438 Å². The average molecular weight is 1580 g/mol. The lowest BCUT2D eigenvalue weighted by atomic mass is 9.83. The zero-order valence-corrected chi connectivity index (χ0v) is 67.6. The van der Waals surface area contributed by atoms with Gasteiger partial charge in [-0.05, 0) is 293 Å². The van der Waals surface area contributed by atoms with E-state index in [9.17, 15) is 0 Å². The van der Waals surface area contributed by atoms with E-state index in [1.165, 1.54) is 136 Å². The summed E-state index contributed by atoms with van der Waals surface area (Å²) in [7, 11) is 0. The van der Waals surface area contributed by atoms with Crippen LogP contribution < -0.4 is 0 Å². The van der Waals surface area contributed by atoms with E-state index >= 15 is 0 Å². The Morgan fingerprint density at radius 1 is 0.112 bits per heavy atom. The highest BCUT2D eigenvalue weighted by Crippen LogP contribution is 2.53. The topological polar surface area (TPSA) is 39.4 Å². The summed E-state index contributed by atoms with van der Waals surface area (Å²) in [5.74, 6) is 0. The third-order valence-electron chi connectivity index (χ3n) is 27.1. The molecular weight excluding hydrogens is 1510 g/mol. The molecule has 0 N–H and O–H groups in total. The summed E-state index contributed by atoms with van der Waals surface area (Å²) < 4.78 is 20.9. The van der Waals surface area contributed by atoms with Gasteiger partial charge in [-0.15, -0.1) is 0 Å². The molecule has 0 saturated heterocycles. The summed E-state index contributed by atoms with van der Waals surface area (Å²) >= 11 is 0. The summed E-state index contributed by atoms with van der Waals surface area (Å²) in [5.41, 5.74) is 26.2. The van der Waals surface area contributed by atoms with Gasteiger partial charge in [0.1, 0.15) is 33.5 Å². The van der Waals surface area contributed by atoms with E-state index in [4.69, 9.17) is 13.3 Å². The van der Waals surface area contributed by atoms with Gasteiger partial charge in [-0.25, -0.2) is 0 Å². The van der Waals surface area contributed by atoms with Gasteiger partial charge < -0.3 is 13.3 Å². The first-order valence-corrected chi connectivity index (χ1v) is 43.1. The molecule has 0 aliphatic rings. The molecule has 0 fully saturated rings. The smallest absolute Gasteiger partial charge is 0.143 e. The number of rotatable bonds is 9. The lowest BCUT2D eigenvalue weighted by molar-refractivity contribution is 0.672. The monoisotopic (exact) mass is 1580 g/mol. The zero-order valence-electron chi connectivity index (χ0n) is 67.6. The molecule has 0 spiro atoms. The summed E-state index contributed by atoms with van der Waals surface area (Å²) in [6.07, 6.45) is 0. The Labute approximate surface area is 717 Å². The molecule has 0 aliphatic heterocycles. The van der Waals surface area contributed by atoms with Crippen LogP contribution in [0.25, 0.3) is 284 Å². The maximum Gasteiger partial charge on any atom is 0.143 e. The zero-order chi connectivity index (χ0) is 81.6. The van der Waals surface area contributed by atoms with E-state index in [-0.39, 0.29) is 0 Å². The fourth-order valence-corrected chi connectivity index (χ4v) is 21.4. The largest absolute Gasteiger partial charge is 0.455 e. The molecule has 27 aromatic rings. The molecule has 125 heavy (non-hydrogen) atoms. The first-order chi connectivity index (χ1) is 61.9. The Bertz CT molecular complexity index is 9320. The summed E-state index contributed by atoms with van der Waals surface area (Å²) in [5, 5.41) is 32.5. The van der Waals surface area contributed by atoms with Crippen LogP contribution in [0.4, 0.5) is 0 Å². The maximum absolute atomic E-state index is 7.34. The molecule has 0 radical (unpaired) electrons. The molecule has 3 aromatic heterocycles. The standard InChI is InChI=1S/C122H70O3/c1-2-23-75(24-3-1)114-95-31-10-12-33-97(95)117(84-28-18-26-77(64-84)82-48-54-91-105-59-44-72-21-6-8-29-89(72)120(105)123-111(91)68-82)109-66-80(49-57-103(109)114)81-50-58-104-110(67-81)118(85-43-40-71-20-4-5-25-76(71)63-85)98-34-13-11-32-96(98)116(104)87-52-56-93-107-61-46-74-41-42-79(65-108(74)122(107)125-113(93)70-87)78-47-53-88-83(62-78)27-19-39-94(88)119-101-37-16-14-35-99(101)115(100-36-15-17-38-102(100)119)86-51-55-92-106-60-45-73-22-7-9-30-90(73)121(106)124-112(92)69-86/h1-70H. The van der Waals surface area contributed by atoms with Crippen molar-refractivity contribution in [3.63, 3.8) is 0 Å². The predicted octanol–water partition coefficient (Wildman–Crippen LogP) is 35.1. The van der Waals surface area contributed by atoms with E-state index in [0.717, 1.165) is 148 Å². The Morgan fingerprint density at radius 3 is 0.904 bits per heavy atom. The first kappa shape index (κ1) is 69.3. The van der Waals surface area contributed by atoms with Crippen LogP contribution in [-0.2, 0) is 0 Å². The molecule has 3 heteroatoms. The second-order valence-electron chi connectivity index (χ2n) is 33.8. The van der Waals surface area contributed by atoms with E-state index in [2.05, 4.69) is 425 Å². The Hall–Kier alpha value is -16.5. The lowest BCUT2D eigenvalue weighted by Gasteiger charge is -2.20. The van der Waals surface area contributed by atoms with Crippen LogP contribution in [-0.4, -0.2) is 0 Å². The molecule has 3 nitrogen and oxygen atoms in total. The van der Waals surface area contributed by atoms with Crippen LogP contribution in [0.2, 0.25) is 0 Å². The van der Waals surface area contributed by atoms with Crippen molar-refractivity contribution in [2.45, 2.75) is 0 Å². The number of hydrogen-bond donors (Lipinski definition) is 0. The molecule has 24 aromatic carbocycles. The fourth-order valence-electron chi connectivity index (χ4n) is 21.4. The highest BCUT2D eigenvalue weighted by atomic mass is 16.3. The summed E-state index contributed by atoms with van der Waals surface area (Å²) in [6.45, 7) is 0. The third kappa shape index (κ3) is 10.6. The third-order valence-corrected chi connectivity index (χ3v) is 27.1. The molecular formula is C122H70O3. The average Bonchev–Trinajstić information content (AvgIpc) is 0.878. The van der Waals surface area contributed by atoms with Gasteiger partial charge in [0, 0.05) is 48.5 Å². The van der Waals surface area contributed by atoms with Crippen molar-refractivity contribution in [3.05, 3.63) is 425 Å². The number of benzene rings is 24. The van der Waals surface area contributed by atoms with Gasteiger partial charge in [0.2, 0.25) is 0 Å². The highest BCUT2D eigenvalue weighted by Gasteiger charge is 2.26. The van der Waals surface area contributed by atoms with E-state index in [1.54, 1.807) is 0 Å². The van der Waals surface area contributed by atoms with Crippen molar-refractivity contribution in [3.8, 4) is 100 Å². The minimum Gasteiger partial charge on any atom is -0.455 e. The quantitative estimate of drug-likeness (QED) is 0.135. The lowest BCUT2D eigenvalue weighted by Crippen LogP contribution is -1.93. The van der Waals surface area contributed by atoms with Crippen molar-refractivity contribution >= 4 is 184 Å². The van der Waals surface area contributed by atoms with Crippen molar-refractivity contribution in [1.82, 2.24) is 0 Å². The number of fused-ring (bicyclic) bond motifs is 23. The SMILES string of the molecule is c1ccc(-c2c3ccccc3c(-c3cccc(-c4ccc5c(c4)oc4c6ccccc6ccc54)c3)c3cc(-c4ccc5c(-c6ccc7c(c6)oc6c8cc(-c9ccc%10c(-c%11c%12ccccc%12c(-c%12ccc%13c(c%12)oc%12c%14ccccc%14ccc%13%12)c%12ccccc%11%12)cccc%10c9)ccc8ccc76)c6ccccc6c(-c6ccc7ccccc7c6)c5c4)ccc23)cc1. The molecule has 0 atom stereocenters. The van der Waals surface area contributed by atoms with Gasteiger partial charge in [0.25, 0.3) is 0 Å². The normalized spacial score (nSPS) is 12.2. The van der Waals surface area contributed by atoms with Crippen LogP contribution >= 0.6 is 0 Å². The number of furan rings is 3. The summed E-state index contributed by atoms with van der Waals surface area (Å²) in [6, 6.07) is 157. The van der Waals surface area contributed by atoms with Gasteiger partial charge in [0.15, 0.2) is 0 Å². The van der Waals surface area contributed by atoms with Crippen LogP contribution in [0.3, 0.4) is 0 Å². The Balaban J connectivity index is 0.585. The van der Waals surface area contributed by atoms with Crippen molar-refractivity contribution in [2.24, 2.45) is 0 Å². The van der Waals surface area contributed by atoms with E-state index in [0.29, 0.717) is 0 Å². The van der Waals surface area contributed by atoms with Crippen molar-refractivity contribution in [2.75, 3.05) is 0 Å². The molecule has 0 bridgehead atoms. The van der Waals surface area contributed by atoms with E-state index < -0.39 is 0 Å². The summed E-state index contributed by atoms with van der Waals surface area (Å²) in [4.78, 5) is 0. The number of hydrogen-bond acceptors (Lipinski definition) is 3. The molecule has 0 unspecified atom stereocenters. The first-order valence-electron chi connectivity index (χ1n) is 43.1. The fraction of sp³-hybridized carbons (Fsp3) is 0. The molecule has 0 saturated carbocycles. The molecule has 27 rings (SSSR count). The maximum atomic E-state index is 7.34. The van der Waals surface area contributed by atoms with Crippen molar-refractivity contribution in [1.29, 1.82) is 0 Å².